The highest BCUT2D eigenvalue weighted by atomic mass is 19.1. The van der Waals surface area contributed by atoms with Crippen molar-refractivity contribution in [2.24, 2.45) is 0 Å². The second-order valence-corrected chi connectivity index (χ2v) is 7.31. The van der Waals surface area contributed by atoms with Crippen LogP contribution in [0.3, 0.4) is 0 Å². The number of benzene rings is 2. The third-order valence-electron chi connectivity index (χ3n) is 5.72. The molecule has 2 aromatic rings. The zero-order valence-electron chi connectivity index (χ0n) is 15.5. The van der Waals surface area contributed by atoms with E-state index in [1.165, 1.54) is 12.1 Å². The monoisotopic (exact) mass is 369 g/mol. The van der Waals surface area contributed by atoms with E-state index < -0.39 is 5.41 Å². The van der Waals surface area contributed by atoms with E-state index in [2.05, 4.69) is 0 Å². The molecule has 4 nitrogen and oxygen atoms in total. The average molecular weight is 369 g/mol. The number of fused-ring (bicyclic) bond motifs is 1. The predicted octanol–water partition coefficient (Wildman–Crippen LogP) is 4.41. The van der Waals surface area contributed by atoms with Crippen LogP contribution >= 0.6 is 0 Å². The van der Waals surface area contributed by atoms with Crippen molar-refractivity contribution >= 4 is 5.91 Å². The molecular weight excluding hydrogens is 345 g/mol. The van der Waals surface area contributed by atoms with E-state index in [1.807, 2.05) is 36.1 Å². The number of likely N-dealkylation sites (N-methyl/N-ethyl adjacent to an activating group) is 1. The second-order valence-electron chi connectivity index (χ2n) is 7.31. The Hall–Kier alpha value is -2.56. The fraction of sp³-hybridized carbons (Fsp3) is 0.409. The molecule has 1 saturated carbocycles. The number of nitrogens with zero attached hydrogens (tertiary/aromatic N) is 1. The molecule has 142 valence electrons. The van der Waals surface area contributed by atoms with Gasteiger partial charge in [-0.1, -0.05) is 31.0 Å². The van der Waals surface area contributed by atoms with Gasteiger partial charge in [0.15, 0.2) is 11.5 Å². The van der Waals surface area contributed by atoms with E-state index >= 15 is 0 Å². The summed E-state index contributed by atoms with van der Waals surface area (Å²) in [6, 6.07) is 12.3. The maximum Gasteiger partial charge on any atom is 0.233 e. The van der Waals surface area contributed by atoms with Crippen molar-refractivity contribution < 1.29 is 18.7 Å². The Kier molecular flexibility index (Phi) is 4.77. The first-order valence-electron chi connectivity index (χ1n) is 9.56. The molecule has 0 radical (unpaired) electrons. The lowest BCUT2D eigenvalue weighted by Crippen LogP contribution is -2.45. The Balaban J connectivity index is 1.61. The summed E-state index contributed by atoms with van der Waals surface area (Å²) in [4.78, 5) is 15.5. The quantitative estimate of drug-likeness (QED) is 0.783. The van der Waals surface area contributed by atoms with Crippen LogP contribution in [0.15, 0.2) is 42.5 Å². The van der Waals surface area contributed by atoms with Gasteiger partial charge in [-0.3, -0.25) is 4.79 Å². The smallest absolute Gasteiger partial charge is 0.233 e. The third kappa shape index (κ3) is 3.27. The van der Waals surface area contributed by atoms with Crippen LogP contribution in [0, 0.1) is 5.82 Å². The van der Waals surface area contributed by atoms with Crippen LogP contribution in [0.5, 0.6) is 11.5 Å². The first-order valence-corrected chi connectivity index (χ1v) is 9.56. The maximum atomic E-state index is 13.9. The SMILES string of the molecule is CCN(Cc1ccc2c(c1)OCO2)C(=O)C1(c2cccc(F)c2)CCCC1. The van der Waals surface area contributed by atoms with Gasteiger partial charge < -0.3 is 14.4 Å². The van der Waals surface area contributed by atoms with E-state index in [-0.39, 0.29) is 18.5 Å². The number of ether oxygens (including phenoxy) is 2. The summed E-state index contributed by atoms with van der Waals surface area (Å²) in [5, 5.41) is 0. The van der Waals surface area contributed by atoms with Gasteiger partial charge in [-0.15, -0.1) is 0 Å². The molecule has 27 heavy (non-hydrogen) atoms. The van der Waals surface area contributed by atoms with Crippen molar-refractivity contribution in [3.8, 4) is 11.5 Å². The summed E-state index contributed by atoms with van der Waals surface area (Å²) >= 11 is 0. The van der Waals surface area contributed by atoms with Gasteiger partial charge in [0.1, 0.15) is 5.82 Å². The Bertz CT molecular complexity index is 845. The van der Waals surface area contributed by atoms with Crippen molar-refractivity contribution in [2.75, 3.05) is 13.3 Å². The van der Waals surface area contributed by atoms with Gasteiger partial charge in [-0.05, 0) is 55.2 Å². The Morgan fingerprint density at radius 1 is 1.11 bits per heavy atom. The highest BCUT2D eigenvalue weighted by molar-refractivity contribution is 5.88. The number of carbonyl (C=O) groups excluding carboxylic acids is 1. The number of carbonyl (C=O) groups is 1. The summed E-state index contributed by atoms with van der Waals surface area (Å²) in [5.41, 5.74) is 1.19. The van der Waals surface area contributed by atoms with Gasteiger partial charge in [-0.25, -0.2) is 4.39 Å². The Morgan fingerprint density at radius 3 is 2.63 bits per heavy atom. The first kappa shape index (κ1) is 17.8. The molecule has 4 rings (SSSR count). The Labute approximate surface area is 158 Å². The minimum absolute atomic E-state index is 0.0887. The molecule has 0 bridgehead atoms. The molecule has 1 amide bonds. The zero-order valence-corrected chi connectivity index (χ0v) is 15.5. The number of rotatable bonds is 5. The van der Waals surface area contributed by atoms with Gasteiger partial charge in [0.05, 0.1) is 5.41 Å². The van der Waals surface area contributed by atoms with Crippen molar-refractivity contribution in [1.29, 1.82) is 0 Å². The predicted molar refractivity (Wildman–Crippen MR) is 100 cm³/mol. The molecule has 0 N–H and O–H groups in total. The van der Waals surface area contributed by atoms with E-state index in [0.717, 1.165) is 48.3 Å². The topological polar surface area (TPSA) is 38.8 Å². The van der Waals surface area contributed by atoms with E-state index in [1.54, 1.807) is 6.07 Å². The van der Waals surface area contributed by atoms with Gasteiger partial charge >= 0.3 is 0 Å². The van der Waals surface area contributed by atoms with Crippen LogP contribution in [-0.4, -0.2) is 24.1 Å². The zero-order chi connectivity index (χ0) is 18.9. The van der Waals surface area contributed by atoms with E-state index in [4.69, 9.17) is 9.47 Å². The lowest BCUT2D eigenvalue weighted by atomic mass is 9.77. The average Bonchev–Trinajstić information content (AvgIpc) is 3.35. The van der Waals surface area contributed by atoms with Crippen molar-refractivity contribution in [2.45, 2.75) is 44.6 Å². The summed E-state index contributed by atoms with van der Waals surface area (Å²) in [7, 11) is 0. The molecule has 1 aliphatic carbocycles. The minimum Gasteiger partial charge on any atom is -0.454 e. The van der Waals surface area contributed by atoms with Crippen LogP contribution in [-0.2, 0) is 16.8 Å². The highest BCUT2D eigenvalue weighted by Gasteiger charge is 2.44. The van der Waals surface area contributed by atoms with Gasteiger partial charge in [0.2, 0.25) is 12.7 Å². The molecule has 2 aromatic carbocycles. The molecule has 0 aromatic heterocycles. The third-order valence-corrected chi connectivity index (χ3v) is 5.72. The largest absolute Gasteiger partial charge is 0.454 e. The maximum absolute atomic E-state index is 13.9. The molecule has 0 saturated heterocycles. The Morgan fingerprint density at radius 2 is 1.89 bits per heavy atom. The summed E-state index contributed by atoms with van der Waals surface area (Å²) < 4.78 is 24.7. The number of halogens is 1. The lowest BCUT2D eigenvalue weighted by molar-refractivity contribution is -0.137. The molecule has 0 atom stereocenters. The van der Waals surface area contributed by atoms with Crippen molar-refractivity contribution in [1.82, 2.24) is 4.90 Å². The lowest BCUT2D eigenvalue weighted by Gasteiger charge is -2.34. The van der Waals surface area contributed by atoms with Crippen LogP contribution in [0.2, 0.25) is 0 Å². The summed E-state index contributed by atoms with van der Waals surface area (Å²) in [6.45, 7) is 3.32. The molecular formula is C22H24FNO3. The molecule has 1 aliphatic heterocycles. The minimum atomic E-state index is -0.617. The van der Waals surface area contributed by atoms with Crippen LogP contribution in [0.25, 0.3) is 0 Å². The van der Waals surface area contributed by atoms with E-state index in [0.29, 0.717) is 13.1 Å². The second kappa shape index (κ2) is 7.22. The summed E-state index contributed by atoms with van der Waals surface area (Å²) in [6.07, 6.45) is 3.52. The molecule has 0 unspecified atom stereocenters. The standard InChI is InChI=1S/C22H24FNO3/c1-2-24(14-16-8-9-19-20(12-16)27-15-26-19)21(25)22(10-3-4-11-22)17-6-5-7-18(23)13-17/h5-9,12-13H,2-4,10-11,14-15H2,1H3. The van der Waals surface area contributed by atoms with Crippen LogP contribution in [0.4, 0.5) is 4.39 Å². The molecule has 1 heterocycles. The first-order chi connectivity index (χ1) is 13.1. The van der Waals surface area contributed by atoms with Crippen molar-refractivity contribution in [3.63, 3.8) is 0 Å². The fourth-order valence-corrected chi connectivity index (χ4v) is 4.28. The normalized spacial score (nSPS) is 17.1. The molecule has 1 fully saturated rings. The van der Waals surface area contributed by atoms with Gasteiger partial charge in [0, 0.05) is 13.1 Å². The molecule has 2 aliphatic rings. The molecule has 5 heteroatoms. The molecule has 0 spiro atoms. The number of amides is 1. The van der Waals surface area contributed by atoms with Crippen LogP contribution in [0.1, 0.15) is 43.7 Å². The highest BCUT2D eigenvalue weighted by Crippen LogP contribution is 2.43. The van der Waals surface area contributed by atoms with Gasteiger partial charge in [-0.2, -0.15) is 0 Å². The van der Waals surface area contributed by atoms with E-state index in [9.17, 15) is 9.18 Å². The van der Waals surface area contributed by atoms with Crippen molar-refractivity contribution in [3.05, 3.63) is 59.4 Å². The summed E-state index contributed by atoms with van der Waals surface area (Å²) in [5.74, 6) is 1.26. The number of hydrogen-bond donors (Lipinski definition) is 0. The fourth-order valence-electron chi connectivity index (χ4n) is 4.28. The number of hydrogen-bond acceptors (Lipinski definition) is 3. The van der Waals surface area contributed by atoms with Gasteiger partial charge in [0.25, 0.3) is 0 Å². The van der Waals surface area contributed by atoms with Crippen LogP contribution < -0.4 is 9.47 Å².